The number of carbonyl (C=O) groups excluding carboxylic acids is 3. The Kier molecular flexibility index (Phi) is 7.26. The molecule has 2 N–H and O–H groups in total. The van der Waals surface area contributed by atoms with E-state index in [4.69, 9.17) is 4.74 Å². The minimum absolute atomic E-state index is 0.175. The zero-order chi connectivity index (χ0) is 20.7. The van der Waals surface area contributed by atoms with Gasteiger partial charge < -0.3 is 15.4 Å². The fraction of sp³-hybridized carbons (Fsp3) is 0.286. The Morgan fingerprint density at radius 1 is 1.00 bits per heavy atom. The van der Waals surface area contributed by atoms with Gasteiger partial charge in [-0.05, 0) is 42.7 Å². The molecular formula is C21H23FN2O4. The third kappa shape index (κ3) is 5.90. The summed E-state index contributed by atoms with van der Waals surface area (Å²) >= 11 is 0. The van der Waals surface area contributed by atoms with Gasteiger partial charge in [0.2, 0.25) is 0 Å². The summed E-state index contributed by atoms with van der Waals surface area (Å²) in [5, 5.41) is 4.92. The number of rotatable bonds is 7. The molecule has 0 saturated heterocycles. The number of hydrogen-bond acceptors (Lipinski definition) is 4. The minimum Gasteiger partial charge on any atom is -0.451 e. The first-order valence-corrected chi connectivity index (χ1v) is 8.91. The molecule has 0 aliphatic carbocycles. The topological polar surface area (TPSA) is 84.5 Å². The van der Waals surface area contributed by atoms with Crippen molar-refractivity contribution in [2.45, 2.75) is 32.8 Å². The van der Waals surface area contributed by atoms with Gasteiger partial charge in [-0.1, -0.05) is 38.1 Å². The zero-order valence-corrected chi connectivity index (χ0v) is 16.0. The van der Waals surface area contributed by atoms with Crippen LogP contribution in [-0.4, -0.2) is 30.4 Å². The Balaban J connectivity index is 1.81. The number of nitrogens with one attached hydrogen (secondary N) is 2. The summed E-state index contributed by atoms with van der Waals surface area (Å²) in [6.07, 6.45) is -1.05. The number of anilines is 1. The molecule has 1 atom stereocenters. The summed E-state index contributed by atoms with van der Waals surface area (Å²) in [6, 6.07) is 12.8. The molecule has 0 aliphatic rings. The highest BCUT2D eigenvalue weighted by atomic mass is 19.1. The molecule has 28 heavy (non-hydrogen) atoms. The first kappa shape index (κ1) is 21.1. The van der Waals surface area contributed by atoms with Crippen LogP contribution in [0.2, 0.25) is 0 Å². The molecular weight excluding hydrogens is 363 g/mol. The van der Waals surface area contributed by atoms with Crippen molar-refractivity contribution < 1.29 is 23.5 Å². The van der Waals surface area contributed by atoms with Gasteiger partial charge in [0.1, 0.15) is 12.4 Å². The molecule has 0 saturated carbocycles. The van der Waals surface area contributed by atoms with Crippen LogP contribution in [0.4, 0.5) is 10.1 Å². The fourth-order valence-electron chi connectivity index (χ4n) is 2.38. The Morgan fingerprint density at radius 2 is 1.64 bits per heavy atom. The van der Waals surface area contributed by atoms with Crippen LogP contribution in [0.3, 0.4) is 0 Å². The van der Waals surface area contributed by atoms with Crippen molar-refractivity contribution in [2.24, 2.45) is 0 Å². The molecule has 0 heterocycles. The normalized spacial score (nSPS) is 11.6. The van der Waals surface area contributed by atoms with E-state index in [-0.39, 0.29) is 5.56 Å². The van der Waals surface area contributed by atoms with E-state index < -0.39 is 36.2 Å². The molecule has 2 aromatic carbocycles. The van der Waals surface area contributed by atoms with Crippen molar-refractivity contribution in [3.63, 3.8) is 0 Å². The smallest absolute Gasteiger partial charge is 0.326 e. The van der Waals surface area contributed by atoms with Crippen LogP contribution in [0, 0.1) is 5.82 Å². The lowest BCUT2D eigenvalue weighted by atomic mass is 10.0. The average molecular weight is 386 g/mol. The van der Waals surface area contributed by atoms with Crippen LogP contribution in [-0.2, 0) is 14.3 Å². The van der Waals surface area contributed by atoms with Crippen molar-refractivity contribution in [1.82, 2.24) is 5.32 Å². The Hall–Kier alpha value is -3.22. The molecule has 2 rings (SSSR count). The van der Waals surface area contributed by atoms with E-state index in [1.807, 2.05) is 12.1 Å². The highest BCUT2D eigenvalue weighted by Gasteiger charge is 2.19. The molecule has 0 radical (unpaired) electrons. The molecule has 2 amide bonds. The van der Waals surface area contributed by atoms with Gasteiger partial charge in [-0.2, -0.15) is 0 Å². The predicted octanol–water partition coefficient (Wildman–Crippen LogP) is 3.25. The van der Waals surface area contributed by atoms with Crippen LogP contribution < -0.4 is 10.6 Å². The monoisotopic (exact) mass is 386 g/mol. The molecule has 7 heteroatoms. The lowest BCUT2D eigenvalue weighted by Crippen LogP contribution is -2.36. The lowest BCUT2D eigenvalue weighted by Gasteiger charge is -2.14. The van der Waals surface area contributed by atoms with Gasteiger partial charge in [0.25, 0.3) is 11.8 Å². The zero-order valence-electron chi connectivity index (χ0n) is 16.0. The van der Waals surface area contributed by atoms with Gasteiger partial charge in [0.15, 0.2) is 6.10 Å². The number of esters is 1. The second-order valence-corrected chi connectivity index (χ2v) is 6.56. The van der Waals surface area contributed by atoms with Gasteiger partial charge in [-0.15, -0.1) is 0 Å². The fourth-order valence-corrected chi connectivity index (χ4v) is 2.38. The first-order valence-electron chi connectivity index (χ1n) is 8.91. The number of benzene rings is 2. The molecule has 0 spiro atoms. The van der Waals surface area contributed by atoms with Gasteiger partial charge in [-0.25, -0.2) is 4.39 Å². The van der Waals surface area contributed by atoms with Crippen LogP contribution in [0.1, 0.15) is 42.6 Å². The standard InChI is InChI=1S/C21H23FN2O4/c1-13(2)15-8-10-16(11-9-15)24-20(26)14(3)28-19(25)12-23-21(27)17-6-4-5-7-18(17)22/h4-11,13-14H,12H2,1-3H3,(H,23,27)(H,24,26)/t14-/m1/s1. The minimum atomic E-state index is -1.05. The van der Waals surface area contributed by atoms with Crippen LogP contribution in [0.25, 0.3) is 0 Å². The summed E-state index contributed by atoms with van der Waals surface area (Å²) in [7, 11) is 0. The molecule has 0 aliphatic heterocycles. The Labute approximate surface area is 163 Å². The quantitative estimate of drug-likeness (QED) is 0.716. The number of hydrogen-bond donors (Lipinski definition) is 2. The highest BCUT2D eigenvalue weighted by molar-refractivity contribution is 5.97. The number of ether oxygens (including phenoxy) is 1. The van der Waals surface area contributed by atoms with E-state index in [0.717, 1.165) is 11.6 Å². The maximum absolute atomic E-state index is 13.5. The van der Waals surface area contributed by atoms with Gasteiger partial charge in [0, 0.05) is 5.69 Å². The number of halogens is 1. The average Bonchev–Trinajstić information content (AvgIpc) is 2.66. The molecule has 148 valence electrons. The molecule has 0 unspecified atom stereocenters. The predicted molar refractivity (Wildman–Crippen MR) is 103 cm³/mol. The Morgan fingerprint density at radius 3 is 2.25 bits per heavy atom. The van der Waals surface area contributed by atoms with Gasteiger partial charge >= 0.3 is 5.97 Å². The molecule has 2 aromatic rings. The molecule has 0 bridgehead atoms. The van der Waals surface area contributed by atoms with Crippen molar-refractivity contribution >= 4 is 23.5 Å². The van der Waals surface area contributed by atoms with Crippen LogP contribution >= 0.6 is 0 Å². The summed E-state index contributed by atoms with van der Waals surface area (Å²) in [5.74, 6) is -2.35. The highest BCUT2D eigenvalue weighted by Crippen LogP contribution is 2.17. The Bertz CT molecular complexity index is 850. The summed E-state index contributed by atoms with van der Waals surface area (Å²) in [6.45, 7) is 5.09. The van der Waals surface area contributed by atoms with E-state index in [0.29, 0.717) is 11.6 Å². The van der Waals surface area contributed by atoms with E-state index >= 15 is 0 Å². The third-order valence-electron chi connectivity index (χ3n) is 4.03. The first-order chi connectivity index (χ1) is 13.3. The van der Waals surface area contributed by atoms with E-state index in [2.05, 4.69) is 24.5 Å². The van der Waals surface area contributed by atoms with Crippen molar-refractivity contribution in [2.75, 3.05) is 11.9 Å². The van der Waals surface area contributed by atoms with Crippen molar-refractivity contribution in [1.29, 1.82) is 0 Å². The largest absolute Gasteiger partial charge is 0.451 e. The van der Waals surface area contributed by atoms with Crippen LogP contribution in [0.5, 0.6) is 0 Å². The van der Waals surface area contributed by atoms with E-state index in [9.17, 15) is 18.8 Å². The molecule has 6 nitrogen and oxygen atoms in total. The summed E-state index contributed by atoms with van der Waals surface area (Å²) < 4.78 is 18.5. The molecule has 0 aromatic heterocycles. The second-order valence-electron chi connectivity index (χ2n) is 6.56. The van der Waals surface area contributed by atoms with Gasteiger partial charge in [-0.3, -0.25) is 14.4 Å². The molecule has 0 fully saturated rings. The van der Waals surface area contributed by atoms with E-state index in [1.165, 1.54) is 25.1 Å². The second kappa shape index (κ2) is 9.64. The lowest BCUT2D eigenvalue weighted by molar-refractivity contribution is -0.152. The summed E-state index contributed by atoms with van der Waals surface area (Å²) in [5.41, 5.74) is 1.55. The maximum atomic E-state index is 13.5. The SMILES string of the molecule is CC(C)c1ccc(NC(=O)[C@@H](C)OC(=O)CNC(=O)c2ccccc2F)cc1. The van der Waals surface area contributed by atoms with Crippen LogP contribution in [0.15, 0.2) is 48.5 Å². The number of carbonyl (C=O) groups is 3. The van der Waals surface area contributed by atoms with E-state index in [1.54, 1.807) is 12.1 Å². The number of amides is 2. The van der Waals surface area contributed by atoms with Crippen molar-refractivity contribution in [3.8, 4) is 0 Å². The third-order valence-corrected chi connectivity index (χ3v) is 4.03. The summed E-state index contributed by atoms with van der Waals surface area (Å²) in [4.78, 5) is 35.9. The maximum Gasteiger partial charge on any atom is 0.326 e. The van der Waals surface area contributed by atoms with Crippen molar-refractivity contribution in [3.05, 3.63) is 65.5 Å². The van der Waals surface area contributed by atoms with Gasteiger partial charge in [0.05, 0.1) is 5.56 Å².